The number of rotatable bonds is 6. The van der Waals surface area contributed by atoms with E-state index in [-0.39, 0.29) is 0 Å². The molecule has 8 heteroatoms. The Kier molecular flexibility index (Phi) is 9.24. The molecule has 8 nitrogen and oxygen atoms in total. The number of nitrogens with zero attached hydrogens (tertiary/aromatic N) is 8. The summed E-state index contributed by atoms with van der Waals surface area (Å²) in [6.45, 7) is 0. The highest BCUT2D eigenvalue weighted by Gasteiger charge is 2.24. The standard InChI is InChI=1S/C58H30N8/c59-31-36-16-20-44(42(25-36)33-61)39-18-22-54-49(27-39)47-11-4-6-14-52(47)65(54)56-29-41(46-13-8-24-64-58(46)38-9-2-1-3-10-38)30-57(51(56)35-63)66-53-15-7-5-12-48(53)50-28-40(19-23-55(50)66)45-21-17-37(32-60)26-43(45)34-62/h1-30H. The Morgan fingerprint density at radius 2 is 0.848 bits per heavy atom. The van der Waals surface area contributed by atoms with Crippen LogP contribution in [0.2, 0.25) is 0 Å². The predicted molar refractivity (Wildman–Crippen MR) is 258 cm³/mol. The summed E-state index contributed by atoms with van der Waals surface area (Å²) in [4.78, 5) is 4.92. The first-order valence-corrected chi connectivity index (χ1v) is 21.1. The van der Waals surface area contributed by atoms with Crippen molar-refractivity contribution in [3.8, 4) is 86.4 Å². The zero-order valence-electron chi connectivity index (χ0n) is 34.9. The van der Waals surface area contributed by atoms with Gasteiger partial charge in [-0.15, -0.1) is 0 Å². The topological polar surface area (TPSA) is 142 Å². The predicted octanol–water partition coefficient (Wildman–Crippen LogP) is 13.3. The fraction of sp³-hybridized carbons (Fsp3) is 0. The molecule has 0 saturated carbocycles. The summed E-state index contributed by atoms with van der Waals surface area (Å²) in [6, 6.07) is 68.5. The zero-order valence-corrected chi connectivity index (χ0v) is 34.9. The number of hydrogen-bond acceptors (Lipinski definition) is 6. The largest absolute Gasteiger partial charge is 0.308 e. The van der Waals surface area contributed by atoms with E-state index in [1.807, 2.05) is 97.1 Å². The maximum atomic E-state index is 11.6. The smallest absolute Gasteiger partial charge is 0.104 e. The molecule has 66 heavy (non-hydrogen) atoms. The summed E-state index contributed by atoms with van der Waals surface area (Å²) in [5.74, 6) is 0. The Morgan fingerprint density at radius 3 is 1.35 bits per heavy atom. The summed E-state index contributed by atoms with van der Waals surface area (Å²) >= 11 is 0. The van der Waals surface area contributed by atoms with Gasteiger partial charge in [-0.1, -0.05) is 97.1 Å². The van der Waals surface area contributed by atoms with Gasteiger partial charge in [0.1, 0.15) is 11.6 Å². The fourth-order valence-corrected chi connectivity index (χ4v) is 9.41. The van der Waals surface area contributed by atoms with Crippen molar-refractivity contribution in [3.63, 3.8) is 0 Å². The third-order valence-electron chi connectivity index (χ3n) is 12.4. The van der Waals surface area contributed by atoms with Crippen molar-refractivity contribution in [1.29, 1.82) is 26.3 Å². The van der Waals surface area contributed by atoms with Crippen LogP contribution in [0.3, 0.4) is 0 Å². The van der Waals surface area contributed by atoms with Crippen molar-refractivity contribution in [2.24, 2.45) is 0 Å². The lowest BCUT2D eigenvalue weighted by atomic mass is 9.96. The third-order valence-corrected chi connectivity index (χ3v) is 12.4. The lowest BCUT2D eigenvalue weighted by molar-refractivity contribution is 1.12. The Bertz CT molecular complexity index is 3850. The van der Waals surface area contributed by atoms with Gasteiger partial charge in [0, 0.05) is 38.9 Å². The minimum atomic E-state index is 0.410. The molecule has 0 aliphatic carbocycles. The maximum Gasteiger partial charge on any atom is 0.104 e. The minimum absolute atomic E-state index is 0.410. The number of pyridine rings is 1. The van der Waals surface area contributed by atoms with Crippen LogP contribution < -0.4 is 0 Å². The van der Waals surface area contributed by atoms with Crippen LogP contribution in [0.4, 0.5) is 0 Å². The summed E-state index contributed by atoms with van der Waals surface area (Å²) in [5, 5.41) is 54.7. The van der Waals surface area contributed by atoms with E-state index in [0.717, 1.165) is 88.2 Å². The SMILES string of the molecule is N#Cc1ccc(-c2ccc3c(c2)c2ccccc2n3-c2cc(-c3cccnc3-c3ccccc3)cc(-n3c4ccccc4c4cc(-c5ccc(C#N)cc5C#N)ccc43)c2C#N)c(C#N)c1. The minimum Gasteiger partial charge on any atom is -0.308 e. The molecule has 0 amide bonds. The van der Waals surface area contributed by atoms with Crippen molar-refractivity contribution in [2.45, 2.75) is 0 Å². The second-order valence-corrected chi connectivity index (χ2v) is 15.9. The highest BCUT2D eigenvalue weighted by atomic mass is 15.0. The second-order valence-electron chi connectivity index (χ2n) is 15.9. The number of para-hydroxylation sites is 2. The van der Waals surface area contributed by atoms with Crippen molar-refractivity contribution >= 4 is 43.6 Å². The van der Waals surface area contributed by atoms with Gasteiger partial charge in [-0.25, -0.2) is 0 Å². The molecule has 3 heterocycles. The van der Waals surface area contributed by atoms with Crippen LogP contribution >= 0.6 is 0 Å². The van der Waals surface area contributed by atoms with Crippen molar-refractivity contribution in [2.75, 3.05) is 0 Å². The molecule has 11 rings (SSSR count). The number of benzene rings is 8. The molecule has 3 aromatic heterocycles. The van der Waals surface area contributed by atoms with Crippen LogP contribution in [0.15, 0.2) is 182 Å². The van der Waals surface area contributed by atoms with Crippen LogP contribution in [0.1, 0.15) is 27.8 Å². The molecule has 8 aromatic carbocycles. The maximum absolute atomic E-state index is 11.6. The average molecular weight is 839 g/mol. The molecule has 0 radical (unpaired) electrons. The highest BCUT2D eigenvalue weighted by Crippen LogP contribution is 2.43. The molecule has 0 spiro atoms. The van der Waals surface area contributed by atoms with Crippen molar-refractivity contribution in [3.05, 3.63) is 210 Å². The summed E-state index contributed by atoms with van der Waals surface area (Å²) in [5.41, 5.74) is 13.5. The zero-order chi connectivity index (χ0) is 44.9. The van der Waals surface area contributed by atoms with Crippen LogP contribution in [0, 0.1) is 56.7 Å². The van der Waals surface area contributed by atoms with Crippen molar-refractivity contribution < 1.29 is 0 Å². The van der Waals surface area contributed by atoms with Crippen molar-refractivity contribution in [1.82, 2.24) is 14.1 Å². The quantitative estimate of drug-likeness (QED) is 0.163. The molecule has 302 valence electrons. The van der Waals surface area contributed by atoms with Gasteiger partial charge in [0.25, 0.3) is 0 Å². The highest BCUT2D eigenvalue weighted by molar-refractivity contribution is 6.13. The summed E-state index contributed by atoms with van der Waals surface area (Å²) in [7, 11) is 0. The van der Waals surface area contributed by atoms with E-state index in [2.05, 4.69) is 94.1 Å². The molecule has 0 aliphatic heterocycles. The molecule has 0 fully saturated rings. The lowest BCUT2D eigenvalue weighted by Crippen LogP contribution is -2.05. The lowest BCUT2D eigenvalue weighted by Gasteiger charge is -2.19. The van der Waals surface area contributed by atoms with E-state index in [0.29, 0.717) is 39.2 Å². The molecule has 0 bridgehead atoms. The first-order valence-electron chi connectivity index (χ1n) is 21.1. The van der Waals surface area contributed by atoms with E-state index in [9.17, 15) is 26.3 Å². The summed E-state index contributed by atoms with van der Waals surface area (Å²) in [6.07, 6.45) is 1.80. The second kappa shape index (κ2) is 15.7. The number of hydrogen-bond donors (Lipinski definition) is 0. The van der Waals surface area contributed by atoms with Gasteiger partial charge in [0.15, 0.2) is 0 Å². The van der Waals surface area contributed by atoms with Gasteiger partial charge in [-0.2, -0.15) is 26.3 Å². The monoisotopic (exact) mass is 838 g/mol. The van der Waals surface area contributed by atoms with Gasteiger partial charge in [0.05, 0.1) is 85.7 Å². The Morgan fingerprint density at radius 1 is 0.348 bits per heavy atom. The molecular weight excluding hydrogens is 809 g/mol. The Labute approximate surface area is 378 Å². The van der Waals surface area contributed by atoms with E-state index in [4.69, 9.17) is 4.98 Å². The van der Waals surface area contributed by atoms with Gasteiger partial charge < -0.3 is 9.13 Å². The molecule has 0 aliphatic rings. The number of nitriles is 5. The van der Waals surface area contributed by atoms with Crippen LogP contribution in [-0.2, 0) is 0 Å². The van der Waals surface area contributed by atoms with E-state index < -0.39 is 0 Å². The van der Waals surface area contributed by atoms with Crippen LogP contribution in [-0.4, -0.2) is 14.1 Å². The average Bonchev–Trinajstić information content (AvgIpc) is 3.90. The number of fused-ring (bicyclic) bond motifs is 6. The number of aromatic nitrogens is 3. The van der Waals surface area contributed by atoms with Gasteiger partial charge in [-0.05, 0) is 107 Å². The molecule has 0 N–H and O–H groups in total. The molecule has 11 aromatic rings. The fourth-order valence-electron chi connectivity index (χ4n) is 9.41. The van der Waals surface area contributed by atoms with Gasteiger partial charge in [0.2, 0.25) is 0 Å². The van der Waals surface area contributed by atoms with Gasteiger partial charge >= 0.3 is 0 Å². The van der Waals surface area contributed by atoms with E-state index in [1.54, 1.807) is 30.5 Å². The van der Waals surface area contributed by atoms with E-state index in [1.165, 1.54) is 0 Å². The van der Waals surface area contributed by atoms with Crippen LogP contribution in [0.25, 0.3) is 99.6 Å². The normalized spacial score (nSPS) is 11.0. The van der Waals surface area contributed by atoms with Gasteiger partial charge in [-0.3, -0.25) is 4.98 Å². The Balaban J connectivity index is 1.23. The van der Waals surface area contributed by atoms with Crippen LogP contribution in [0.5, 0.6) is 0 Å². The molecule has 0 unspecified atom stereocenters. The molecule has 0 saturated heterocycles. The van der Waals surface area contributed by atoms with E-state index >= 15 is 0 Å². The summed E-state index contributed by atoms with van der Waals surface area (Å²) < 4.78 is 4.31. The third kappa shape index (κ3) is 6.14. The first-order chi connectivity index (χ1) is 32.5. The molecule has 0 atom stereocenters. The molecular formula is C58H30N8. The first kappa shape index (κ1) is 38.9. The Hall–Kier alpha value is -10.0.